The van der Waals surface area contributed by atoms with Crippen LogP contribution in [0.3, 0.4) is 0 Å². The first-order chi connectivity index (χ1) is 14.0. The van der Waals surface area contributed by atoms with E-state index in [0.29, 0.717) is 13.0 Å². The van der Waals surface area contributed by atoms with Crippen molar-refractivity contribution in [2.45, 2.75) is 38.1 Å². The molecule has 1 unspecified atom stereocenters. The van der Waals surface area contributed by atoms with Gasteiger partial charge in [0.05, 0.1) is 13.2 Å². The van der Waals surface area contributed by atoms with Crippen LogP contribution < -0.4 is 16.2 Å². The van der Waals surface area contributed by atoms with Gasteiger partial charge >= 0.3 is 5.97 Å². The SMILES string of the molecule is CC(N)(CN)C(=O)OCCCOc1cccc2c1CCCC(c1ccccc1)=C2. The lowest BCUT2D eigenvalue weighted by molar-refractivity contribution is -0.149. The van der Waals surface area contributed by atoms with Gasteiger partial charge < -0.3 is 20.9 Å². The Morgan fingerprint density at radius 2 is 1.86 bits per heavy atom. The topological polar surface area (TPSA) is 87.6 Å². The average Bonchev–Trinajstić information content (AvgIpc) is 2.97. The molecule has 5 heteroatoms. The molecule has 0 bridgehead atoms. The number of rotatable bonds is 8. The van der Waals surface area contributed by atoms with E-state index >= 15 is 0 Å². The van der Waals surface area contributed by atoms with Crippen LogP contribution in [0.2, 0.25) is 0 Å². The summed E-state index contributed by atoms with van der Waals surface area (Å²) in [6.45, 7) is 2.36. The van der Waals surface area contributed by atoms with Crippen molar-refractivity contribution in [3.05, 3.63) is 65.2 Å². The molecule has 0 spiro atoms. The quantitative estimate of drug-likeness (QED) is 0.528. The van der Waals surface area contributed by atoms with Gasteiger partial charge in [0.15, 0.2) is 0 Å². The number of esters is 1. The second-order valence-electron chi connectivity index (χ2n) is 7.67. The molecule has 1 atom stereocenters. The molecule has 0 heterocycles. The summed E-state index contributed by atoms with van der Waals surface area (Å²) in [7, 11) is 0. The monoisotopic (exact) mass is 394 g/mol. The van der Waals surface area contributed by atoms with Crippen molar-refractivity contribution in [1.29, 1.82) is 0 Å². The van der Waals surface area contributed by atoms with E-state index in [0.717, 1.165) is 25.0 Å². The van der Waals surface area contributed by atoms with Crippen molar-refractivity contribution in [3.63, 3.8) is 0 Å². The maximum atomic E-state index is 11.8. The summed E-state index contributed by atoms with van der Waals surface area (Å²) in [6, 6.07) is 16.7. The number of hydrogen-bond acceptors (Lipinski definition) is 5. The zero-order valence-corrected chi connectivity index (χ0v) is 17.0. The first kappa shape index (κ1) is 21.1. The second kappa shape index (κ2) is 9.72. The van der Waals surface area contributed by atoms with Gasteiger partial charge in [-0.1, -0.05) is 48.5 Å². The van der Waals surface area contributed by atoms with Gasteiger partial charge in [0.1, 0.15) is 11.3 Å². The molecule has 2 aromatic carbocycles. The van der Waals surface area contributed by atoms with Crippen LogP contribution in [0.1, 0.15) is 42.9 Å². The molecule has 0 fully saturated rings. The van der Waals surface area contributed by atoms with Gasteiger partial charge in [-0.05, 0) is 49.0 Å². The molecule has 154 valence electrons. The Hall–Kier alpha value is -2.63. The number of carbonyl (C=O) groups is 1. The first-order valence-corrected chi connectivity index (χ1v) is 10.2. The predicted molar refractivity (Wildman–Crippen MR) is 116 cm³/mol. The molecule has 0 radical (unpaired) electrons. The smallest absolute Gasteiger partial charge is 0.327 e. The minimum atomic E-state index is -1.14. The highest BCUT2D eigenvalue weighted by molar-refractivity contribution is 5.83. The maximum absolute atomic E-state index is 11.8. The molecule has 0 saturated heterocycles. The summed E-state index contributed by atoms with van der Waals surface area (Å²) in [5.74, 6) is 0.428. The fraction of sp³-hybridized carbons (Fsp3) is 0.375. The first-order valence-electron chi connectivity index (χ1n) is 10.2. The molecule has 0 amide bonds. The number of ether oxygens (including phenoxy) is 2. The van der Waals surface area contributed by atoms with Crippen LogP contribution in [0.4, 0.5) is 0 Å². The lowest BCUT2D eigenvalue weighted by Crippen LogP contribution is -2.52. The van der Waals surface area contributed by atoms with Crippen molar-refractivity contribution >= 4 is 17.6 Å². The average molecular weight is 395 g/mol. The third-order valence-corrected chi connectivity index (χ3v) is 5.19. The second-order valence-corrected chi connectivity index (χ2v) is 7.67. The Bertz CT molecular complexity index is 860. The highest BCUT2D eigenvalue weighted by atomic mass is 16.5. The van der Waals surface area contributed by atoms with Crippen LogP contribution in [-0.2, 0) is 16.0 Å². The summed E-state index contributed by atoms with van der Waals surface area (Å²) in [4.78, 5) is 11.8. The Kier molecular flexibility index (Phi) is 7.07. The van der Waals surface area contributed by atoms with Crippen molar-refractivity contribution in [3.8, 4) is 5.75 Å². The number of fused-ring (bicyclic) bond motifs is 1. The fourth-order valence-corrected chi connectivity index (χ4v) is 3.37. The van der Waals surface area contributed by atoms with Crippen LogP contribution in [-0.4, -0.2) is 31.3 Å². The highest BCUT2D eigenvalue weighted by Gasteiger charge is 2.28. The van der Waals surface area contributed by atoms with Crippen molar-refractivity contribution in [2.24, 2.45) is 11.5 Å². The van der Waals surface area contributed by atoms with E-state index in [1.54, 1.807) is 6.92 Å². The zero-order chi connectivity index (χ0) is 20.7. The van der Waals surface area contributed by atoms with Gasteiger partial charge in [0.2, 0.25) is 0 Å². The maximum Gasteiger partial charge on any atom is 0.327 e. The number of hydrogen-bond donors (Lipinski definition) is 2. The standard InChI is InChI=1S/C24H30N2O3/c1-24(26,17-25)23(27)29-15-7-14-28-22-13-6-11-20-16-19(10-5-12-21(20)22)18-8-3-2-4-9-18/h2-4,6,8-9,11,13,16H,5,7,10,12,14-15,17,25-26H2,1H3. The van der Waals surface area contributed by atoms with Crippen LogP contribution in [0, 0.1) is 0 Å². The van der Waals surface area contributed by atoms with E-state index in [-0.39, 0.29) is 13.2 Å². The Morgan fingerprint density at radius 3 is 2.62 bits per heavy atom. The molecular weight excluding hydrogens is 364 g/mol. The van der Waals surface area contributed by atoms with Gasteiger partial charge in [-0.15, -0.1) is 0 Å². The Morgan fingerprint density at radius 1 is 1.07 bits per heavy atom. The van der Waals surface area contributed by atoms with E-state index in [4.69, 9.17) is 20.9 Å². The summed E-state index contributed by atoms with van der Waals surface area (Å²) >= 11 is 0. The van der Waals surface area contributed by atoms with E-state index in [1.807, 2.05) is 18.2 Å². The van der Waals surface area contributed by atoms with Crippen molar-refractivity contribution < 1.29 is 14.3 Å². The largest absolute Gasteiger partial charge is 0.493 e. The van der Waals surface area contributed by atoms with Crippen LogP contribution >= 0.6 is 0 Å². The van der Waals surface area contributed by atoms with E-state index in [1.165, 1.54) is 22.3 Å². The van der Waals surface area contributed by atoms with Crippen molar-refractivity contribution in [2.75, 3.05) is 19.8 Å². The van der Waals surface area contributed by atoms with Crippen LogP contribution in [0.25, 0.3) is 11.6 Å². The fourth-order valence-electron chi connectivity index (χ4n) is 3.37. The molecule has 0 aromatic heterocycles. The summed E-state index contributed by atoms with van der Waals surface area (Å²) in [6.07, 6.45) is 5.99. The summed E-state index contributed by atoms with van der Waals surface area (Å²) < 4.78 is 11.2. The van der Waals surface area contributed by atoms with Gasteiger partial charge in [-0.2, -0.15) is 0 Å². The molecule has 3 rings (SSSR count). The third-order valence-electron chi connectivity index (χ3n) is 5.19. The number of nitrogens with two attached hydrogens (primary N) is 2. The highest BCUT2D eigenvalue weighted by Crippen LogP contribution is 2.33. The molecule has 29 heavy (non-hydrogen) atoms. The molecule has 0 aliphatic heterocycles. The van der Waals surface area contributed by atoms with Crippen LogP contribution in [0.15, 0.2) is 48.5 Å². The summed E-state index contributed by atoms with van der Waals surface area (Å²) in [5.41, 5.74) is 15.2. The zero-order valence-electron chi connectivity index (χ0n) is 17.0. The minimum absolute atomic E-state index is 0.0526. The van der Waals surface area contributed by atoms with Gasteiger partial charge in [-0.25, -0.2) is 0 Å². The number of allylic oxidation sites excluding steroid dienone is 1. The van der Waals surface area contributed by atoms with Gasteiger partial charge in [0, 0.05) is 18.5 Å². The Labute approximate surface area is 172 Å². The minimum Gasteiger partial charge on any atom is -0.493 e. The van der Waals surface area contributed by atoms with Crippen LogP contribution in [0.5, 0.6) is 5.75 Å². The molecule has 1 aliphatic rings. The normalized spacial score (nSPS) is 15.5. The lowest BCUT2D eigenvalue weighted by Gasteiger charge is -2.20. The molecule has 4 N–H and O–H groups in total. The summed E-state index contributed by atoms with van der Waals surface area (Å²) in [5, 5.41) is 0. The van der Waals surface area contributed by atoms with E-state index in [2.05, 4.69) is 36.4 Å². The lowest BCUT2D eigenvalue weighted by atomic mass is 10.0. The number of carbonyl (C=O) groups excluding carboxylic acids is 1. The molecule has 5 nitrogen and oxygen atoms in total. The number of benzene rings is 2. The van der Waals surface area contributed by atoms with Crippen molar-refractivity contribution in [1.82, 2.24) is 0 Å². The van der Waals surface area contributed by atoms with E-state index in [9.17, 15) is 4.79 Å². The molecule has 0 saturated carbocycles. The van der Waals surface area contributed by atoms with Gasteiger partial charge in [-0.3, -0.25) is 4.79 Å². The third kappa shape index (κ3) is 5.46. The molecule has 2 aromatic rings. The predicted octanol–water partition coefficient (Wildman–Crippen LogP) is 3.55. The Balaban J connectivity index is 1.60. The molecule has 1 aliphatic carbocycles. The van der Waals surface area contributed by atoms with E-state index < -0.39 is 11.5 Å². The molecular formula is C24H30N2O3. The van der Waals surface area contributed by atoms with Gasteiger partial charge in [0.25, 0.3) is 0 Å².